The van der Waals surface area contributed by atoms with Gasteiger partial charge in [-0.3, -0.25) is 4.79 Å². The van der Waals surface area contributed by atoms with Crippen LogP contribution in [-0.2, 0) is 11.2 Å². The standard InChI is InChI=1S/C19H26O2/c1-2-15-6-8-16(9-7-15)18(20)17-10-13-21-19(14-17)11-4-3-5-12-19/h6-9,17H,2-5,10-14H2,1H3. The van der Waals surface area contributed by atoms with E-state index in [1.54, 1.807) is 0 Å². The molecule has 0 N–H and O–H groups in total. The first-order valence-electron chi connectivity index (χ1n) is 8.49. The second kappa shape index (κ2) is 6.31. The van der Waals surface area contributed by atoms with Gasteiger partial charge in [0.05, 0.1) is 5.60 Å². The molecule has 0 radical (unpaired) electrons. The summed E-state index contributed by atoms with van der Waals surface area (Å²) in [6.07, 6.45) is 8.96. The lowest BCUT2D eigenvalue weighted by Gasteiger charge is -2.43. The third kappa shape index (κ3) is 3.21. The molecule has 2 fully saturated rings. The van der Waals surface area contributed by atoms with E-state index in [1.165, 1.54) is 24.8 Å². The molecule has 1 saturated heterocycles. The number of ketones is 1. The van der Waals surface area contributed by atoms with Gasteiger partial charge >= 0.3 is 0 Å². The highest BCUT2D eigenvalue weighted by Crippen LogP contribution is 2.41. The zero-order valence-electron chi connectivity index (χ0n) is 13.1. The Morgan fingerprint density at radius 2 is 1.90 bits per heavy atom. The second-order valence-electron chi connectivity index (χ2n) is 6.70. The smallest absolute Gasteiger partial charge is 0.166 e. The third-order valence-corrected chi connectivity index (χ3v) is 5.28. The van der Waals surface area contributed by atoms with Crippen molar-refractivity contribution in [3.05, 3.63) is 35.4 Å². The quantitative estimate of drug-likeness (QED) is 0.761. The molecule has 0 amide bonds. The molecule has 2 aliphatic rings. The number of hydrogen-bond acceptors (Lipinski definition) is 2. The van der Waals surface area contributed by atoms with Gasteiger partial charge in [-0.1, -0.05) is 50.5 Å². The topological polar surface area (TPSA) is 26.3 Å². The number of hydrogen-bond donors (Lipinski definition) is 0. The molecule has 1 aromatic rings. The number of aryl methyl sites for hydroxylation is 1. The van der Waals surface area contributed by atoms with Crippen LogP contribution < -0.4 is 0 Å². The van der Waals surface area contributed by atoms with Gasteiger partial charge in [0, 0.05) is 18.1 Å². The number of ether oxygens (including phenoxy) is 1. The highest BCUT2D eigenvalue weighted by atomic mass is 16.5. The predicted molar refractivity (Wildman–Crippen MR) is 84.6 cm³/mol. The molecule has 1 aromatic carbocycles. The minimum absolute atomic E-state index is 0.0141. The molecule has 2 nitrogen and oxygen atoms in total. The number of carbonyl (C=O) groups is 1. The maximum Gasteiger partial charge on any atom is 0.166 e. The normalized spacial score (nSPS) is 24.9. The Balaban J connectivity index is 1.71. The summed E-state index contributed by atoms with van der Waals surface area (Å²) in [5, 5.41) is 0. The highest BCUT2D eigenvalue weighted by Gasteiger charge is 2.40. The van der Waals surface area contributed by atoms with Crippen LogP contribution in [0.25, 0.3) is 0 Å². The van der Waals surface area contributed by atoms with Crippen molar-refractivity contribution in [2.75, 3.05) is 6.61 Å². The van der Waals surface area contributed by atoms with Crippen molar-refractivity contribution in [2.45, 2.75) is 63.9 Å². The Kier molecular flexibility index (Phi) is 4.44. The summed E-state index contributed by atoms with van der Waals surface area (Å²) in [5.41, 5.74) is 2.19. The van der Waals surface area contributed by atoms with Crippen molar-refractivity contribution < 1.29 is 9.53 Å². The zero-order valence-corrected chi connectivity index (χ0v) is 13.1. The van der Waals surface area contributed by atoms with E-state index in [4.69, 9.17) is 4.74 Å². The van der Waals surface area contributed by atoms with Gasteiger partial charge in [-0.2, -0.15) is 0 Å². The average molecular weight is 286 g/mol. The maximum absolute atomic E-state index is 12.8. The summed E-state index contributed by atoms with van der Waals surface area (Å²) >= 11 is 0. The molecule has 1 aliphatic carbocycles. The molecule has 1 saturated carbocycles. The molecule has 1 heterocycles. The fourth-order valence-electron chi connectivity index (χ4n) is 3.94. The van der Waals surface area contributed by atoms with E-state index in [9.17, 15) is 4.79 Å². The molecular weight excluding hydrogens is 260 g/mol. The lowest BCUT2D eigenvalue weighted by molar-refractivity contribution is -0.111. The van der Waals surface area contributed by atoms with Gasteiger partial charge in [0.1, 0.15) is 0 Å². The van der Waals surface area contributed by atoms with Crippen molar-refractivity contribution in [1.82, 2.24) is 0 Å². The fourth-order valence-corrected chi connectivity index (χ4v) is 3.94. The van der Waals surface area contributed by atoms with Crippen LogP contribution in [0.1, 0.15) is 67.8 Å². The summed E-state index contributed by atoms with van der Waals surface area (Å²) in [6, 6.07) is 8.18. The lowest BCUT2D eigenvalue weighted by Crippen LogP contribution is -2.43. The number of benzene rings is 1. The Morgan fingerprint density at radius 3 is 2.57 bits per heavy atom. The van der Waals surface area contributed by atoms with Crippen LogP contribution in [0.4, 0.5) is 0 Å². The molecule has 2 heteroatoms. The van der Waals surface area contributed by atoms with Crippen LogP contribution in [0.3, 0.4) is 0 Å². The average Bonchev–Trinajstić information content (AvgIpc) is 2.55. The van der Waals surface area contributed by atoms with Crippen molar-refractivity contribution in [1.29, 1.82) is 0 Å². The molecule has 0 aromatic heterocycles. The molecule has 0 bridgehead atoms. The van der Waals surface area contributed by atoms with E-state index in [2.05, 4.69) is 19.1 Å². The first-order chi connectivity index (χ1) is 10.2. The van der Waals surface area contributed by atoms with Gasteiger partial charge in [-0.25, -0.2) is 0 Å². The Bertz CT molecular complexity index is 477. The molecule has 114 valence electrons. The van der Waals surface area contributed by atoms with E-state index in [1.807, 2.05) is 12.1 Å². The van der Waals surface area contributed by atoms with Crippen molar-refractivity contribution in [3.8, 4) is 0 Å². The SMILES string of the molecule is CCc1ccc(C(=O)C2CCOC3(CCCCC3)C2)cc1. The Labute approximate surface area is 127 Å². The molecule has 21 heavy (non-hydrogen) atoms. The van der Waals surface area contributed by atoms with Crippen molar-refractivity contribution >= 4 is 5.78 Å². The van der Waals surface area contributed by atoms with E-state index in [0.717, 1.165) is 44.3 Å². The van der Waals surface area contributed by atoms with Crippen LogP contribution in [-0.4, -0.2) is 18.0 Å². The summed E-state index contributed by atoms with van der Waals surface area (Å²) < 4.78 is 6.11. The minimum Gasteiger partial charge on any atom is -0.375 e. The van der Waals surface area contributed by atoms with Crippen LogP contribution in [0.15, 0.2) is 24.3 Å². The monoisotopic (exact) mass is 286 g/mol. The summed E-state index contributed by atoms with van der Waals surface area (Å²) in [5.74, 6) is 0.482. The summed E-state index contributed by atoms with van der Waals surface area (Å²) in [7, 11) is 0. The first kappa shape index (κ1) is 14.8. The Hall–Kier alpha value is -1.15. The van der Waals surface area contributed by atoms with Crippen LogP contribution in [0.5, 0.6) is 0 Å². The van der Waals surface area contributed by atoms with Gasteiger partial charge in [0.25, 0.3) is 0 Å². The van der Waals surface area contributed by atoms with Crippen LogP contribution in [0.2, 0.25) is 0 Å². The van der Waals surface area contributed by atoms with Gasteiger partial charge in [-0.05, 0) is 37.7 Å². The molecular formula is C19H26O2. The van der Waals surface area contributed by atoms with Crippen molar-refractivity contribution in [3.63, 3.8) is 0 Å². The molecule has 1 spiro atoms. The van der Waals surface area contributed by atoms with E-state index in [0.29, 0.717) is 5.78 Å². The fraction of sp³-hybridized carbons (Fsp3) is 0.632. The molecule has 1 atom stereocenters. The lowest BCUT2D eigenvalue weighted by atomic mass is 9.74. The maximum atomic E-state index is 12.8. The van der Waals surface area contributed by atoms with E-state index in [-0.39, 0.29) is 11.5 Å². The summed E-state index contributed by atoms with van der Waals surface area (Å²) in [4.78, 5) is 12.8. The van der Waals surface area contributed by atoms with Crippen LogP contribution >= 0.6 is 0 Å². The Morgan fingerprint density at radius 1 is 1.19 bits per heavy atom. The zero-order chi connectivity index (χ0) is 14.7. The predicted octanol–water partition coefficient (Wildman–Crippen LogP) is 4.56. The highest BCUT2D eigenvalue weighted by molar-refractivity contribution is 5.98. The molecule has 1 aliphatic heterocycles. The second-order valence-corrected chi connectivity index (χ2v) is 6.70. The third-order valence-electron chi connectivity index (χ3n) is 5.28. The largest absolute Gasteiger partial charge is 0.375 e. The minimum atomic E-state index is 0.0141. The van der Waals surface area contributed by atoms with Gasteiger partial charge < -0.3 is 4.74 Å². The van der Waals surface area contributed by atoms with Gasteiger partial charge in [0.2, 0.25) is 0 Å². The van der Waals surface area contributed by atoms with Crippen molar-refractivity contribution in [2.24, 2.45) is 5.92 Å². The van der Waals surface area contributed by atoms with Gasteiger partial charge in [0.15, 0.2) is 5.78 Å². The number of rotatable bonds is 3. The number of Topliss-reactive ketones (excluding diaryl/α,β-unsaturated/α-hetero) is 1. The first-order valence-corrected chi connectivity index (χ1v) is 8.49. The molecule has 3 rings (SSSR count). The van der Waals surface area contributed by atoms with Crippen LogP contribution in [0, 0.1) is 5.92 Å². The van der Waals surface area contributed by atoms with Gasteiger partial charge in [-0.15, -0.1) is 0 Å². The van der Waals surface area contributed by atoms with E-state index < -0.39 is 0 Å². The number of carbonyl (C=O) groups excluding carboxylic acids is 1. The van der Waals surface area contributed by atoms with E-state index >= 15 is 0 Å². The summed E-state index contributed by atoms with van der Waals surface area (Å²) in [6.45, 7) is 2.89. The molecule has 1 unspecified atom stereocenters.